The molecule has 0 spiro atoms. The fourth-order valence-corrected chi connectivity index (χ4v) is 12.4. The summed E-state index contributed by atoms with van der Waals surface area (Å²) in [6.07, 6.45) is 8.47. The van der Waals surface area contributed by atoms with Gasteiger partial charge in [0, 0.05) is 22.1 Å². The third-order valence-electron chi connectivity index (χ3n) is 6.62. The number of terminal acetylenes is 1. The molecular formula is C26H32ClNSi. The lowest BCUT2D eigenvalue weighted by Crippen LogP contribution is -2.51. The maximum atomic E-state index is 6.12. The highest BCUT2D eigenvalue weighted by Gasteiger charge is 2.46. The van der Waals surface area contributed by atoms with Crippen molar-refractivity contribution in [2.45, 2.75) is 64.1 Å². The fourth-order valence-electron chi connectivity index (χ4n) is 5.61. The molecular weight excluding hydrogens is 390 g/mol. The molecule has 0 aliphatic heterocycles. The van der Waals surface area contributed by atoms with Gasteiger partial charge in [0.1, 0.15) is 0 Å². The first-order valence-electron chi connectivity index (χ1n) is 10.6. The summed E-state index contributed by atoms with van der Waals surface area (Å²) in [4.78, 5) is 0. The first-order valence-corrected chi connectivity index (χ1v) is 13.1. The topological polar surface area (TPSA) is 4.93 Å². The number of benzene rings is 2. The van der Waals surface area contributed by atoms with Crippen molar-refractivity contribution >= 4 is 30.7 Å². The Bertz CT molecular complexity index is 999. The molecule has 3 aromatic rings. The van der Waals surface area contributed by atoms with E-state index in [1.165, 1.54) is 16.5 Å². The standard InChI is InChI=1S/C26H32ClNSi/c1-8-23(21-13-15-22(27)16-14-21)25-17-28(26-12-10-9-11-24(25)26)29(18(2)3,19(4)5)20(6)7/h1,9-20,23H,2-7H3/t23-/m0/s1. The Labute approximate surface area is 182 Å². The normalized spacial score (nSPS) is 13.4. The number of para-hydroxylation sites is 1. The maximum Gasteiger partial charge on any atom is 0.169 e. The highest BCUT2D eigenvalue weighted by atomic mass is 35.5. The Morgan fingerprint density at radius 2 is 1.41 bits per heavy atom. The van der Waals surface area contributed by atoms with Crippen molar-refractivity contribution in [2.24, 2.45) is 0 Å². The molecule has 1 nitrogen and oxygen atoms in total. The molecule has 0 N–H and O–H groups in total. The predicted molar refractivity (Wildman–Crippen MR) is 131 cm³/mol. The van der Waals surface area contributed by atoms with Crippen LogP contribution in [0, 0.1) is 12.3 Å². The summed E-state index contributed by atoms with van der Waals surface area (Å²) in [6.45, 7) is 14.4. The molecule has 0 aliphatic rings. The zero-order valence-corrected chi connectivity index (χ0v) is 20.2. The smallest absolute Gasteiger partial charge is 0.169 e. The molecule has 3 rings (SSSR count). The minimum Gasteiger partial charge on any atom is -0.373 e. The van der Waals surface area contributed by atoms with Gasteiger partial charge in [0.15, 0.2) is 8.24 Å². The van der Waals surface area contributed by atoms with E-state index in [0.717, 1.165) is 10.6 Å². The number of hydrogen-bond acceptors (Lipinski definition) is 0. The van der Waals surface area contributed by atoms with E-state index >= 15 is 0 Å². The Morgan fingerprint density at radius 1 is 0.862 bits per heavy atom. The Morgan fingerprint density at radius 3 is 1.93 bits per heavy atom. The largest absolute Gasteiger partial charge is 0.373 e. The van der Waals surface area contributed by atoms with Crippen LogP contribution in [0.2, 0.25) is 21.6 Å². The molecule has 0 saturated carbocycles. The van der Waals surface area contributed by atoms with Crippen LogP contribution < -0.4 is 0 Å². The first kappa shape index (κ1) is 21.7. The third-order valence-corrected chi connectivity index (χ3v) is 13.6. The Kier molecular flexibility index (Phi) is 6.32. The van der Waals surface area contributed by atoms with Crippen LogP contribution in [-0.4, -0.2) is 12.5 Å². The number of halogens is 1. The molecule has 29 heavy (non-hydrogen) atoms. The van der Waals surface area contributed by atoms with Gasteiger partial charge in [-0.3, -0.25) is 0 Å². The molecule has 1 heterocycles. The van der Waals surface area contributed by atoms with Gasteiger partial charge in [-0.15, -0.1) is 6.42 Å². The van der Waals surface area contributed by atoms with Gasteiger partial charge >= 0.3 is 0 Å². The SMILES string of the molecule is C#C[C@@H](c1ccc(Cl)cc1)c1cn([Si](C(C)C)(C(C)C)C(C)C)c2ccccc12. The van der Waals surface area contributed by atoms with Crippen molar-refractivity contribution in [3.8, 4) is 12.3 Å². The molecule has 3 heteroatoms. The Hall–Kier alpha value is -1.95. The summed E-state index contributed by atoms with van der Waals surface area (Å²) in [5.74, 6) is 2.97. The number of hydrogen-bond donors (Lipinski definition) is 0. The molecule has 2 aromatic carbocycles. The second-order valence-electron chi connectivity index (χ2n) is 8.97. The lowest BCUT2D eigenvalue weighted by atomic mass is 9.92. The van der Waals surface area contributed by atoms with Crippen LogP contribution in [-0.2, 0) is 0 Å². The molecule has 1 aromatic heterocycles. The lowest BCUT2D eigenvalue weighted by molar-refractivity contribution is 0.771. The minimum atomic E-state index is -1.89. The second kappa shape index (κ2) is 8.42. The highest BCUT2D eigenvalue weighted by Crippen LogP contribution is 2.46. The van der Waals surface area contributed by atoms with Gasteiger partial charge in [0.05, 0.1) is 5.92 Å². The zero-order chi connectivity index (χ0) is 21.3. The number of rotatable bonds is 6. The average molecular weight is 422 g/mol. The molecule has 0 saturated heterocycles. The van der Waals surface area contributed by atoms with Crippen molar-refractivity contribution in [3.05, 3.63) is 70.9 Å². The molecule has 0 bridgehead atoms. The van der Waals surface area contributed by atoms with E-state index < -0.39 is 8.24 Å². The second-order valence-corrected chi connectivity index (χ2v) is 15.1. The van der Waals surface area contributed by atoms with Crippen LogP contribution in [0.1, 0.15) is 58.6 Å². The van der Waals surface area contributed by atoms with Crippen molar-refractivity contribution in [3.63, 3.8) is 0 Å². The van der Waals surface area contributed by atoms with Gasteiger partial charge in [0.2, 0.25) is 0 Å². The van der Waals surface area contributed by atoms with Gasteiger partial charge in [0.25, 0.3) is 0 Å². The maximum absolute atomic E-state index is 6.12. The van der Waals surface area contributed by atoms with Gasteiger partial charge in [-0.2, -0.15) is 0 Å². The van der Waals surface area contributed by atoms with E-state index in [1.54, 1.807) is 0 Å². The number of fused-ring (bicyclic) bond motifs is 1. The minimum absolute atomic E-state index is 0.0865. The van der Waals surface area contributed by atoms with Crippen molar-refractivity contribution < 1.29 is 0 Å². The van der Waals surface area contributed by atoms with Crippen LogP contribution in [0.5, 0.6) is 0 Å². The van der Waals surface area contributed by atoms with E-state index in [9.17, 15) is 0 Å². The van der Waals surface area contributed by atoms with E-state index in [4.69, 9.17) is 18.0 Å². The van der Waals surface area contributed by atoms with Gasteiger partial charge < -0.3 is 4.23 Å². The van der Waals surface area contributed by atoms with E-state index in [2.05, 4.69) is 94.3 Å². The van der Waals surface area contributed by atoms with Gasteiger partial charge in [-0.1, -0.05) is 89.4 Å². The third kappa shape index (κ3) is 3.56. The summed E-state index contributed by atoms with van der Waals surface area (Å²) in [5, 5.41) is 2.00. The van der Waals surface area contributed by atoms with E-state index in [1.807, 2.05) is 12.1 Å². The van der Waals surface area contributed by atoms with Crippen LogP contribution >= 0.6 is 11.6 Å². The number of aromatic nitrogens is 1. The first-order chi connectivity index (χ1) is 13.7. The number of nitrogens with zero attached hydrogens (tertiary/aromatic N) is 1. The van der Waals surface area contributed by atoms with Crippen molar-refractivity contribution in [1.29, 1.82) is 0 Å². The fraction of sp³-hybridized carbons (Fsp3) is 0.385. The van der Waals surface area contributed by atoms with Gasteiger partial charge in [-0.25, -0.2) is 0 Å². The summed E-state index contributed by atoms with van der Waals surface area (Å²) >= 11 is 6.12. The zero-order valence-electron chi connectivity index (χ0n) is 18.4. The summed E-state index contributed by atoms with van der Waals surface area (Å²) in [7, 11) is -1.89. The molecule has 0 amide bonds. The van der Waals surface area contributed by atoms with E-state index in [0.29, 0.717) is 16.6 Å². The molecule has 0 radical (unpaired) electrons. The summed E-state index contributed by atoms with van der Waals surface area (Å²) in [5.41, 5.74) is 5.51. The van der Waals surface area contributed by atoms with Crippen LogP contribution in [0.3, 0.4) is 0 Å². The Balaban J connectivity index is 2.32. The van der Waals surface area contributed by atoms with Crippen molar-refractivity contribution in [2.75, 3.05) is 0 Å². The molecule has 0 aliphatic carbocycles. The monoisotopic (exact) mass is 421 g/mol. The average Bonchev–Trinajstić information content (AvgIpc) is 3.03. The molecule has 152 valence electrons. The van der Waals surface area contributed by atoms with Crippen LogP contribution in [0.15, 0.2) is 54.7 Å². The molecule has 0 unspecified atom stereocenters. The van der Waals surface area contributed by atoms with Gasteiger partial charge in [-0.05, 0) is 45.9 Å². The van der Waals surface area contributed by atoms with E-state index in [-0.39, 0.29) is 5.92 Å². The highest BCUT2D eigenvalue weighted by molar-refractivity contribution is 6.82. The quantitative estimate of drug-likeness (QED) is 0.280. The molecule has 1 atom stereocenters. The van der Waals surface area contributed by atoms with Crippen LogP contribution in [0.4, 0.5) is 0 Å². The van der Waals surface area contributed by atoms with Crippen LogP contribution in [0.25, 0.3) is 10.9 Å². The summed E-state index contributed by atoms with van der Waals surface area (Å²) < 4.78 is 2.66. The summed E-state index contributed by atoms with van der Waals surface area (Å²) in [6, 6.07) is 16.7. The predicted octanol–water partition coefficient (Wildman–Crippen LogP) is 8.08. The molecule has 0 fully saturated rings. The van der Waals surface area contributed by atoms with Crippen molar-refractivity contribution in [1.82, 2.24) is 4.23 Å². The lowest BCUT2D eigenvalue weighted by Gasteiger charge is -2.44.